The maximum Gasteiger partial charge on any atom is 0.273 e. The highest BCUT2D eigenvalue weighted by molar-refractivity contribution is 5.99. The minimum Gasteiger partial charge on any atom is -0.482 e. The Morgan fingerprint density at radius 1 is 1.24 bits per heavy atom. The average Bonchev–Trinajstić information content (AvgIpc) is 2.47. The quantitative estimate of drug-likeness (QED) is 0.480. The van der Waals surface area contributed by atoms with E-state index in [0.717, 1.165) is 0 Å². The summed E-state index contributed by atoms with van der Waals surface area (Å²) in [6.45, 7) is 1.53. The molecule has 0 aliphatic rings. The molecule has 0 saturated heterocycles. The molecule has 0 aliphatic carbocycles. The zero-order valence-corrected chi connectivity index (χ0v) is 11.2. The number of halogens is 1. The summed E-state index contributed by atoms with van der Waals surface area (Å²) in [6, 6.07) is 10.7. The van der Waals surface area contributed by atoms with Crippen LogP contribution in [0.3, 0.4) is 0 Å². The zero-order chi connectivity index (χ0) is 15.4. The molecule has 0 unspecified atom stereocenters. The molecule has 0 N–H and O–H groups in total. The number of rotatable bonds is 5. The summed E-state index contributed by atoms with van der Waals surface area (Å²) in [5.74, 6) is -0.535. The molecular weight excluding hydrogens is 277 g/mol. The molecule has 5 nitrogen and oxygen atoms in total. The molecule has 0 radical (unpaired) electrons. The van der Waals surface area contributed by atoms with Gasteiger partial charge in [-0.2, -0.15) is 0 Å². The van der Waals surface area contributed by atoms with E-state index in [9.17, 15) is 19.3 Å². The summed E-state index contributed by atoms with van der Waals surface area (Å²) in [4.78, 5) is 22.2. The molecule has 2 aromatic rings. The molecule has 0 fully saturated rings. The van der Waals surface area contributed by atoms with Gasteiger partial charge in [0.15, 0.2) is 6.10 Å². The van der Waals surface area contributed by atoms with Gasteiger partial charge >= 0.3 is 0 Å². The third-order valence-corrected chi connectivity index (χ3v) is 2.84. The first-order chi connectivity index (χ1) is 9.97. The van der Waals surface area contributed by atoms with E-state index in [-0.39, 0.29) is 17.2 Å². The maximum absolute atomic E-state index is 12.8. The van der Waals surface area contributed by atoms with Crippen LogP contribution in [0.5, 0.6) is 5.75 Å². The van der Waals surface area contributed by atoms with Crippen molar-refractivity contribution in [2.45, 2.75) is 13.0 Å². The number of non-ortho nitro benzene ring substituents is 1. The highest BCUT2D eigenvalue weighted by atomic mass is 19.1. The maximum atomic E-state index is 12.8. The first-order valence-corrected chi connectivity index (χ1v) is 6.18. The fourth-order valence-electron chi connectivity index (χ4n) is 1.78. The van der Waals surface area contributed by atoms with Crippen LogP contribution < -0.4 is 4.74 Å². The van der Waals surface area contributed by atoms with Crippen molar-refractivity contribution in [1.29, 1.82) is 0 Å². The molecule has 0 aliphatic heterocycles. The lowest BCUT2D eigenvalue weighted by atomic mass is 10.1. The number of carbonyl (C=O) groups excluding carboxylic acids is 1. The standard InChI is InChI=1S/C15H12FNO4/c1-10(15(18)11-5-7-12(16)8-6-11)21-14-4-2-3-13(9-14)17(19)20/h2-10H,1H3/t10-/m1/s1. The van der Waals surface area contributed by atoms with Gasteiger partial charge in [0.05, 0.1) is 11.0 Å². The number of ketones is 1. The van der Waals surface area contributed by atoms with Gasteiger partial charge in [-0.15, -0.1) is 0 Å². The molecule has 0 aromatic heterocycles. The summed E-state index contributed by atoms with van der Waals surface area (Å²) >= 11 is 0. The van der Waals surface area contributed by atoms with Gasteiger partial charge in [-0.25, -0.2) is 4.39 Å². The van der Waals surface area contributed by atoms with Gasteiger partial charge in [0.2, 0.25) is 5.78 Å². The molecule has 0 heterocycles. The summed E-state index contributed by atoms with van der Waals surface area (Å²) in [6.07, 6.45) is -0.836. The molecule has 2 rings (SSSR count). The van der Waals surface area contributed by atoms with Crippen molar-refractivity contribution in [2.75, 3.05) is 0 Å². The predicted octanol–water partition coefficient (Wildman–Crippen LogP) is 3.38. The Morgan fingerprint density at radius 3 is 2.52 bits per heavy atom. The third kappa shape index (κ3) is 3.62. The Kier molecular flexibility index (Phi) is 4.27. The lowest BCUT2D eigenvalue weighted by Crippen LogP contribution is -2.23. The fourth-order valence-corrected chi connectivity index (χ4v) is 1.78. The number of nitro benzene ring substituents is 1. The molecule has 2 aromatic carbocycles. The molecule has 0 amide bonds. The molecule has 6 heteroatoms. The summed E-state index contributed by atoms with van der Waals surface area (Å²) in [7, 11) is 0. The Labute approximate surface area is 120 Å². The molecule has 0 spiro atoms. The number of Topliss-reactive ketones (excluding diaryl/α,β-unsaturated/α-hetero) is 1. The Morgan fingerprint density at radius 2 is 1.90 bits per heavy atom. The van der Waals surface area contributed by atoms with Gasteiger partial charge in [-0.3, -0.25) is 14.9 Å². The first kappa shape index (κ1) is 14.6. The summed E-state index contributed by atoms with van der Waals surface area (Å²) < 4.78 is 18.2. The van der Waals surface area contributed by atoms with Gasteiger partial charge in [0.1, 0.15) is 11.6 Å². The van der Waals surface area contributed by atoms with Crippen LogP contribution in [0.1, 0.15) is 17.3 Å². The predicted molar refractivity (Wildman–Crippen MR) is 73.9 cm³/mol. The second-order valence-corrected chi connectivity index (χ2v) is 4.39. The largest absolute Gasteiger partial charge is 0.482 e. The number of hydrogen-bond acceptors (Lipinski definition) is 4. The minimum atomic E-state index is -0.836. The van der Waals surface area contributed by atoms with E-state index in [1.54, 1.807) is 0 Å². The van der Waals surface area contributed by atoms with Crippen LogP contribution in [0.2, 0.25) is 0 Å². The number of nitrogens with zero attached hydrogens (tertiary/aromatic N) is 1. The van der Waals surface area contributed by atoms with Crippen molar-refractivity contribution < 1.29 is 18.8 Å². The van der Waals surface area contributed by atoms with Crippen molar-refractivity contribution in [1.82, 2.24) is 0 Å². The van der Waals surface area contributed by atoms with Crippen LogP contribution >= 0.6 is 0 Å². The van der Waals surface area contributed by atoms with E-state index in [0.29, 0.717) is 5.56 Å². The van der Waals surface area contributed by atoms with Crippen LogP contribution in [-0.4, -0.2) is 16.8 Å². The van der Waals surface area contributed by atoms with E-state index in [4.69, 9.17) is 4.74 Å². The second kappa shape index (κ2) is 6.13. The van der Waals surface area contributed by atoms with E-state index in [1.165, 1.54) is 55.5 Å². The van der Waals surface area contributed by atoms with Crippen molar-refractivity contribution in [2.24, 2.45) is 0 Å². The van der Waals surface area contributed by atoms with Gasteiger partial charge in [-0.05, 0) is 37.3 Å². The topological polar surface area (TPSA) is 69.4 Å². The number of benzene rings is 2. The van der Waals surface area contributed by atoms with E-state index in [2.05, 4.69) is 0 Å². The Hall–Kier alpha value is -2.76. The Balaban J connectivity index is 2.12. The van der Waals surface area contributed by atoms with Crippen LogP contribution in [0, 0.1) is 15.9 Å². The molecule has 108 valence electrons. The molecule has 1 atom stereocenters. The highest BCUT2D eigenvalue weighted by Crippen LogP contribution is 2.21. The van der Waals surface area contributed by atoms with Crippen LogP contribution in [0.25, 0.3) is 0 Å². The second-order valence-electron chi connectivity index (χ2n) is 4.39. The van der Waals surface area contributed by atoms with Crippen molar-refractivity contribution >= 4 is 11.5 Å². The van der Waals surface area contributed by atoms with Gasteiger partial charge in [0, 0.05) is 11.6 Å². The van der Waals surface area contributed by atoms with E-state index in [1.807, 2.05) is 0 Å². The number of ether oxygens (including phenoxy) is 1. The summed E-state index contributed by atoms with van der Waals surface area (Å²) in [5, 5.41) is 10.7. The van der Waals surface area contributed by atoms with E-state index < -0.39 is 16.8 Å². The minimum absolute atomic E-state index is 0.117. The fraction of sp³-hybridized carbons (Fsp3) is 0.133. The summed E-state index contributed by atoms with van der Waals surface area (Å²) in [5.41, 5.74) is 0.197. The number of hydrogen-bond donors (Lipinski definition) is 0. The van der Waals surface area contributed by atoms with E-state index >= 15 is 0 Å². The Bertz CT molecular complexity index is 670. The molecular formula is C15H12FNO4. The van der Waals surface area contributed by atoms with Crippen LogP contribution in [0.15, 0.2) is 48.5 Å². The smallest absolute Gasteiger partial charge is 0.273 e. The van der Waals surface area contributed by atoms with Crippen LogP contribution in [0.4, 0.5) is 10.1 Å². The van der Waals surface area contributed by atoms with Gasteiger partial charge in [-0.1, -0.05) is 6.07 Å². The lowest BCUT2D eigenvalue weighted by molar-refractivity contribution is -0.384. The molecule has 21 heavy (non-hydrogen) atoms. The monoisotopic (exact) mass is 289 g/mol. The van der Waals surface area contributed by atoms with Gasteiger partial charge < -0.3 is 4.74 Å². The average molecular weight is 289 g/mol. The van der Waals surface area contributed by atoms with Crippen molar-refractivity contribution in [3.63, 3.8) is 0 Å². The number of carbonyl (C=O) groups is 1. The zero-order valence-electron chi connectivity index (χ0n) is 11.2. The van der Waals surface area contributed by atoms with Crippen LogP contribution in [-0.2, 0) is 0 Å². The first-order valence-electron chi connectivity index (χ1n) is 6.18. The highest BCUT2D eigenvalue weighted by Gasteiger charge is 2.18. The number of nitro groups is 1. The van der Waals surface area contributed by atoms with Crippen molar-refractivity contribution in [3.8, 4) is 5.75 Å². The molecule has 0 saturated carbocycles. The normalized spacial score (nSPS) is 11.7. The third-order valence-electron chi connectivity index (χ3n) is 2.84. The van der Waals surface area contributed by atoms with Crippen molar-refractivity contribution in [3.05, 3.63) is 70.0 Å². The lowest BCUT2D eigenvalue weighted by Gasteiger charge is -2.13. The van der Waals surface area contributed by atoms with Gasteiger partial charge in [0.25, 0.3) is 5.69 Å². The SMILES string of the molecule is C[C@@H](Oc1cccc([N+](=O)[O-])c1)C(=O)c1ccc(F)cc1. The molecule has 0 bridgehead atoms.